The Labute approximate surface area is 167 Å². The predicted molar refractivity (Wildman–Crippen MR) is 105 cm³/mol. The first-order valence-electron chi connectivity index (χ1n) is 9.18. The van der Waals surface area contributed by atoms with Crippen LogP contribution in [0.15, 0.2) is 46.9 Å². The summed E-state index contributed by atoms with van der Waals surface area (Å²) in [6.45, 7) is 5.12. The Bertz CT molecular complexity index is 1010. The number of nitrogens with one attached hydrogen (secondary N) is 1. The highest BCUT2D eigenvalue weighted by Gasteiger charge is 2.15. The van der Waals surface area contributed by atoms with Gasteiger partial charge in [0.2, 0.25) is 0 Å². The van der Waals surface area contributed by atoms with Crippen LogP contribution in [-0.4, -0.2) is 27.2 Å². The van der Waals surface area contributed by atoms with Crippen molar-refractivity contribution >= 4 is 11.6 Å². The topological polar surface area (TPSA) is 112 Å². The van der Waals surface area contributed by atoms with E-state index in [4.69, 9.17) is 9.15 Å². The fourth-order valence-electron chi connectivity index (χ4n) is 2.88. The molecule has 3 rings (SSSR count). The zero-order valence-corrected chi connectivity index (χ0v) is 16.3. The number of amides is 1. The number of aromatic nitrogens is 2. The second-order valence-corrected chi connectivity index (χ2v) is 6.54. The minimum Gasteiger partial charge on any atom is -0.479 e. The van der Waals surface area contributed by atoms with Gasteiger partial charge in [-0.05, 0) is 44.5 Å². The Kier molecular flexibility index (Phi) is 6.28. The number of nitro groups is 1. The molecule has 152 valence electrons. The number of para-hydroxylation sites is 2. The molecular weight excluding hydrogens is 376 g/mol. The maximum atomic E-state index is 12.2. The lowest BCUT2D eigenvalue weighted by Gasteiger charge is -2.06. The van der Waals surface area contributed by atoms with Gasteiger partial charge >= 0.3 is 5.69 Å². The summed E-state index contributed by atoms with van der Waals surface area (Å²) in [7, 11) is 0. The summed E-state index contributed by atoms with van der Waals surface area (Å²) in [5.41, 5.74) is 1.93. The van der Waals surface area contributed by atoms with E-state index < -0.39 is 4.92 Å². The maximum Gasteiger partial charge on any atom is 0.310 e. The van der Waals surface area contributed by atoms with Gasteiger partial charge in [0.15, 0.2) is 11.5 Å². The van der Waals surface area contributed by atoms with Crippen LogP contribution in [0.2, 0.25) is 0 Å². The first kappa shape index (κ1) is 20.1. The van der Waals surface area contributed by atoms with Crippen LogP contribution in [-0.2, 0) is 13.2 Å². The lowest BCUT2D eigenvalue weighted by molar-refractivity contribution is -0.386. The van der Waals surface area contributed by atoms with E-state index in [1.165, 1.54) is 12.1 Å². The van der Waals surface area contributed by atoms with Crippen molar-refractivity contribution in [1.82, 2.24) is 15.1 Å². The van der Waals surface area contributed by atoms with Crippen LogP contribution in [0.25, 0.3) is 0 Å². The number of nitrogens with zero attached hydrogens (tertiary/aromatic N) is 3. The van der Waals surface area contributed by atoms with E-state index in [2.05, 4.69) is 10.4 Å². The van der Waals surface area contributed by atoms with E-state index in [0.29, 0.717) is 18.8 Å². The van der Waals surface area contributed by atoms with Gasteiger partial charge in [-0.2, -0.15) is 5.10 Å². The molecule has 2 aromatic heterocycles. The number of hydrogen-bond acceptors (Lipinski definition) is 6. The Morgan fingerprint density at radius 2 is 2.07 bits per heavy atom. The molecule has 0 aliphatic carbocycles. The van der Waals surface area contributed by atoms with Crippen LogP contribution in [0.1, 0.15) is 34.1 Å². The quantitative estimate of drug-likeness (QED) is 0.336. The van der Waals surface area contributed by atoms with Gasteiger partial charge < -0.3 is 14.5 Å². The molecule has 0 bridgehead atoms. The van der Waals surface area contributed by atoms with Gasteiger partial charge in [0, 0.05) is 24.8 Å². The van der Waals surface area contributed by atoms with Gasteiger partial charge in [-0.3, -0.25) is 19.6 Å². The van der Waals surface area contributed by atoms with E-state index in [-0.39, 0.29) is 29.7 Å². The summed E-state index contributed by atoms with van der Waals surface area (Å²) in [6.07, 6.45) is 0.738. The van der Waals surface area contributed by atoms with E-state index in [1.807, 2.05) is 24.6 Å². The summed E-state index contributed by atoms with van der Waals surface area (Å²) in [6, 6.07) is 11.3. The normalized spacial score (nSPS) is 10.7. The third kappa shape index (κ3) is 5.22. The third-order valence-corrected chi connectivity index (χ3v) is 4.25. The Hall–Kier alpha value is -3.62. The van der Waals surface area contributed by atoms with Gasteiger partial charge in [0.05, 0.1) is 10.6 Å². The minimum atomic E-state index is -0.512. The molecule has 3 aromatic rings. The average Bonchev–Trinajstić information content (AvgIpc) is 3.29. The number of benzene rings is 1. The highest BCUT2D eigenvalue weighted by Crippen LogP contribution is 2.26. The van der Waals surface area contributed by atoms with Gasteiger partial charge in [0.25, 0.3) is 5.91 Å². The van der Waals surface area contributed by atoms with Crippen molar-refractivity contribution in [2.45, 2.75) is 33.4 Å². The third-order valence-electron chi connectivity index (χ3n) is 4.25. The molecular formula is C20H22N4O5. The largest absolute Gasteiger partial charge is 0.479 e. The van der Waals surface area contributed by atoms with Crippen LogP contribution in [0.4, 0.5) is 5.69 Å². The van der Waals surface area contributed by atoms with E-state index in [9.17, 15) is 14.9 Å². The first-order valence-corrected chi connectivity index (χ1v) is 9.18. The fraction of sp³-hybridized carbons (Fsp3) is 0.300. The molecule has 1 amide bonds. The first-order chi connectivity index (χ1) is 13.9. The van der Waals surface area contributed by atoms with Crippen molar-refractivity contribution in [2.24, 2.45) is 0 Å². The van der Waals surface area contributed by atoms with Crippen LogP contribution in [0.5, 0.6) is 5.75 Å². The van der Waals surface area contributed by atoms with Crippen LogP contribution in [0, 0.1) is 24.0 Å². The molecule has 2 heterocycles. The minimum absolute atomic E-state index is 0.0178. The van der Waals surface area contributed by atoms with E-state index >= 15 is 0 Å². The highest BCUT2D eigenvalue weighted by atomic mass is 16.6. The summed E-state index contributed by atoms with van der Waals surface area (Å²) >= 11 is 0. The molecule has 0 saturated carbocycles. The Morgan fingerprint density at radius 3 is 2.79 bits per heavy atom. The molecule has 0 radical (unpaired) electrons. The van der Waals surface area contributed by atoms with Gasteiger partial charge in [-0.15, -0.1) is 0 Å². The molecule has 0 fully saturated rings. The molecule has 9 nitrogen and oxygen atoms in total. The molecule has 0 atom stereocenters. The number of aryl methyl sites for hydroxylation is 3. The standard InChI is InChI=1S/C20H22N4O5/c1-14-12-15(2)23(22-14)11-5-10-21-20(25)19-9-8-16(29-19)13-28-18-7-4-3-6-17(18)24(26)27/h3-4,6-9,12H,5,10-11,13H2,1-2H3,(H,21,25). The van der Waals surface area contributed by atoms with Crippen LogP contribution in [0.3, 0.4) is 0 Å². The molecule has 1 aromatic carbocycles. The highest BCUT2D eigenvalue weighted by molar-refractivity contribution is 5.91. The average molecular weight is 398 g/mol. The van der Waals surface area contributed by atoms with Crippen molar-refractivity contribution in [1.29, 1.82) is 0 Å². The molecule has 29 heavy (non-hydrogen) atoms. The molecule has 0 saturated heterocycles. The zero-order valence-electron chi connectivity index (χ0n) is 16.3. The molecule has 0 aliphatic rings. The number of furan rings is 1. The summed E-state index contributed by atoms with van der Waals surface area (Å²) in [5.74, 6) is 0.382. The van der Waals surface area contributed by atoms with E-state index in [1.54, 1.807) is 24.3 Å². The van der Waals surface area contributed by atoms with Crippen molar-refractivity contribution in [3.63, 3.8) is 0 Å². The number of carbonyl (C=O) groups excluding carboxylic acids is 1. The number of rotatable bonds is 9. The van der Waals surface area contributed by atoms with Gasteiger partial charge in [0.1, 0.15) is 12.4 Å². The molecule has 9 heteroatoms. The van der Waals surface area contributed by atoms with Crippen molar-refractivity contribution in [3.8, 4) is 5.75 Å². The van der Waals surface area contributed by atoms with Crippen molar-refractivity contribution < 1.29 is 18.9 Å². The lowest BCUT2D eigenvalue weighted by atomic mass is 10.3. The zero-order chi connectivity index (χ0) is 20.8. The second-order valence-electron chi connectivity index (χ2n) is 6.54. The number of ether oxygens (including phenoxy) is 1. The van der Waals surface area contributed by atoms with E-state index in [0.717, 1.165) is 17.8 Å². The Balaban J connectivity index is 1.47. The lowest BCUT2D eigenvalue weighted by Crippen LogP contribution is -2.25. The fourth-order valence-corrected chi connectivity index (χ4v) is 2.88. The van der Waals surface area contributed by atoms with Crippen molar-refractivity contribution in [3.05, 3.63) is 75.5 Å². The monoisotopic (exact) mass is 398 g/mol. The molecule has 0 aliphatic heterocycles. The van der Waals surface area contributed by atoms with Crippen LogP contribution >= 0.6 is 0 Å². The van der Waals surface area contributed by atoms with Crippen molar-refractivity contribution in [2.75, 3.05) is 6.54 Å². The smallest absolute Gasteiger partial charge is 0.310 e. The molecule has 0 unspecified atom stereocenters. The van der Waals surface area contributed by atoms with Gasteiger partial charge in [-0.25, -0.2) is 0 Å². The van der Waals surface area contributed by atoms with Crippen LogP contribution < -0.4 is 10.1 Å². The second kappa shape index (κ2) is 9.05. The summed E-state index contributed by atoms with van der Waals surface area (Å²) in [4.78, 5) is 22.7. The summed E-state index contributed by atoms with van der Waals surface area (Å²) in [5, 5.41) is 18.2. The Morgan fingerprint density at radius 1 is 1.28 bits per heavy atom. The molecule has 0 spiro atoms. The maximum absolute atomic E-state index is 12.2. The SMILES string of the molecule is Cc1cc(C)n(CCCNC(=O)c2ccc(COc3ccccc3[N+](=O)[O-])o2)n1. The van der Waals surface area contributed by atoms with Gasteiger partial charge in [-0.1, -0.05) is 12.1 Å². The summed E-state index contributed by atoms with van der Waals surface area (Å²) < 4.78 is 12.9. The molecule has 1 N–H and O–H groups in total. The number of carbonyl (C=O) groups is 1. The number of hydrogen-bond donors (Lipinski definition) is 1. The predicted octanol–water partition coefficient (Wildman–Crippen LogP) is 3.40. The number of nitro benzene ring substituents is 1.